The van der Waals surface area contributed by atoms with Crippen LogP contribution in [-0.2, 0) is 14.8 Å². The largest absolute Gasteiger partial charge is 0.573 e. The van der Waals surface area contributed by atoms with E-state index in [1.54, 1.807) is 13.8 Å². The lowest BCUT2D eigenvalue weighted by atomic mass is 10.0. The van der Waals surface area contributed by atoms with E-state index in [1.165, 1.54) is 24.3 Å². The molecule has 0 aliphatic heterocycles. The molecule has 2 unspecified atom stereocenters. The van der Waals surface area contributed by atoms with Crippen molar-refractivity contribution in [3.05, 3.63) is 53.8 Å². The van der Waals surface area contributed by atoms with E-state index in [0.29, 0.717) is 5.56 Å². The van der Waals surface area contributed by atoms with Gasteiger partial charge in [-0.1, -0.05) is 26.0 Å². The minimum absolute atomic E-state index is 0.0748. The van der Waals surface area contributed by atoms with Crippen LogP contribution in [0.5, 0.6) is 5.75 Å². The van der Waals surface area contributed by atoms with Crippen molar-refractivity contribution < 1.29 is 35.5 Å². The summed E-state index contributed by atoms with van der Waals surface area (Å²) < 4.78 is 77.6. The smallest absolute Gasteiger partial charge is 0.406 e. The summed E-state index contributed by atoms with van der Waals surface area (Å²) in [6.45, 7) is 3.60. The summed E-state index contributed by atoms with van der Waals surface area (Å²) in [5, 5.41) is 7.38. The van der Waals surface area contributed by atoms with E-state index >= 15 is 0 Å². The Labute approximate surface area is 170 Å². The number of carbonyl (C=O) groups excluding carboxylic acids is 1. The molecule has 1 fully saturated rings. The molecule has 2 aromatic carbocycles. The van der Waals surface area contributed by atoms with Crippen molar-refractivity contribution in [2.45, 2.75) is 31.0 Å². The van der Waals surface area contributed by atoms with E-state index in [9.17, 15) is 30.8 Å². The molecule has 0 spiro atoms. The number of halogens is 4. The fraction of sp³-hybridized carbons (Fsp3) is 0.316. The number of carbonyl (C=O) groups is 1. The van der Waals surface area contributed by atoms with Crippen LogP contribution in [0.25, 0.3) is 0 Å². The Morgan fingerprint density at radius 1 is 1.13 bits per heavy atom. The van der Waals surface area contributed by atoms with Crippen molar-refractivity contribution >= 4 is 21.6 Å². The maximum Gasteiger partial charge on any atom is 0.573 e. The number of ether oxygens (including phenoxy) is 1. The maximum absolute atomic E-state index is 14.0. The highest BCUT2D eigenvalue weighted by molar-refractivity contribution is 7.89. The summed E-state index contributed by atoms with van der Waals surface area (Å²) in [6, 6.07) is 8.05. The molecule has 162 valence electrons. The highest BCUT2D eigenvalue weighted by Gasteiger charge is 2.62. The van der Waals surface area contributed by atoms with Crippen LogP contribution in [0.3, 0.4) is 0 Å². The van der Waals surface area contributed by atoms with Gasteiger partial charge in [0.15, 0.2) is 0 Å². The highest BCUT2D eigenvalue weighted by atomic mass is 32.2. The van der Waals surface area contributed by atoms with Crippen molar-refractivity contribution in [1.82, 2.24) is 0 Å². The Morgan fingerprint density at radius 3 is 2.27 bits per heavy atom. The van der Waals surface area contributed by atoms with E-state index in [-0.39, 0.29) is 10.8 Å². The summed E-state index contributed by atoms with van der Waals surface area (Å²) in [6.07, 6.45) is -4.95. The summed E-state index contributed by atoms with van der Waals surface area (Å²) in [5.41, 5.74) is -0.293. The number of nitrogens with one attached hydrogen (secondary N) is 1. The quantitative estimate of drug-likeness (QED) is 0.684. The predicted octanol–water partition coefficient (Wildman–Crippen LogP) is 3.75. The number of anilines is 1. The van der Waals surface area contributed by atoms with E-state index in [4.69, 9.17) is 5.14 Å². The van der Waals surface area contributed by atoms with Crippen molar-refractivity contribution in [3.63, 3.8) is 0 Å². The number of benzene rings is 2. The number of hydrogen-bond donors (Lipinski definition) is 2. The van der Waals surface area contributed by atoms with E-state index in [2.05, 4.69) is 10.1 Å². The number of amides is 1. The van der Waals surface area contributed by atoms with Gasteiger partial charge in [-0.15, -0.1) is 13.2 Å². The molecule has 2 atom stereocenters. The topological polar surface area (TPSA) is 98.5 Å². The van der Waals surface area contributed by atoms with Crippen LogP contribution >= 0.6 is 0 Å². The van der Waals surface area contributed by atoms with E-state index < -0.39 is 50.9 Å². The number of sulfonamides is 1. The molecule has 0 heterocycles. The van der Waals surface area contributed by atoms with Crippen molar-refractivity contribution in [2.75, 3.05) is 5.32 Å². The van der Waals surface area contributed by atoms with E-state index in [1.807, 2.05) is 0 Å². The van der Waals surface area contributed by atoms with Crippen molar-refractivity contribution in [1.29, 1.82) is 0 Å². The number of rotatable bonds is 5. The first kappa shape index (κ1) is 22.0. The molecule has 1 aliphatic rings. The van der Waals surface area contributed by atoms with Gasteiger partial charge >= 0.3 is 6.36 Å². The molecule has 3 N–H and O–H groups in total. The Hall–Kier alpha value is -2.66. The van der Waals surface area contributed by atoms with Crippen molar-refractivity contribution in [2.24, 2.45) is 16.5 Å². The first-order valence-electron chi connectivity index (χ1n) is 8.69. The predicted molar refractivity (Wildman–Crippen MR) is 99.5 cm³/mol. The lowest BCUT2D eigenvalue weighted by Crippen LogP contribution is -2.19. The van der Waals surface area contributed by atoms with Gasteiger partial charge in [0, 0.05) is 12.0 Å². The Bertz CT molecular complexity index is 1080. The third-order valence-corrected chi connectivity index (χ3v) is 6.04. The average Bonchev–Trinajstić information content (AvgIpc) is 3.18. The molecule has 6 nitrogen and oxygen atoms in total. The Balaban J connectivity index is 1.78. The molecule has 0 saturated heterocycles. The summed E-state index contributed by atoms with van der Waals surface area (Å²) in [7, 11) is -3.86. The lowest BCUT2D eigenvalue weighted by molar-refractivity contribution is -0.274. The normalized spacial score (nSPS) is 20.5. The molecular weight excluding hydrogens is 428 g/mol. The van der Waals surface area contributed by atoms with Crippen LogP contribution in [0.15, 0.2) is 47.4 Å². The standard InChI is InChI=1S/C19H18F4N2O4S/c1-18(2)15(10-3-6-12(7-4-10)30(24,27)28)16(18)17(26)25-14-9-11(5-8-13(14)20)29-19(21,22)23/h3-9,15-16H,1-2H3,(H,25,26)(H2,24,27,28). The highest BCUT2D eigenvalue weighted by Crippen LogP contribution is 2.64. The number of nitrogens with two attached hydrogens (primary N) is 1. The Morgan fingerprint density at radius 2 is 1.73 bits per heavy atom. The molecule has 11 heteroatoms. The molecule has 3 rings (SSSR count). The zero-order valence-electron chi connectivity index (χ0n) is 15.8. The number of primary sulfonamides is 1. The van der Waals surface area contributed by atoms with Gasteiger partial charge in [-0.25, -0.2) is 17.9 Å². The zero-order chi connectivity index (χ0) is 22.5. The van der Waals surface area contributed by atoms with Crippen LogP contribution in [0.4, 0.5) is 23.2 Å². The maximum atomic E-state index is 14.0. The average molecular weight is 446 g/mol. The molecule has 1 saturated carbocycles. The van der Waals surface area contributed by atoms with Gasteiger partial charge in [0.1, 0.15) is 11.6 Å². The fourth-order valence-electron chi connectivity index (χ4n) is 3.62. The number of alkyl halides is 3. The van der Waals surface area contributed by atoms with Crippen LogP contribution in [-0.4, -0.2) is 20.7 Å². The molecule has 1 aliphatic carbocycles. The second-order valence-corrected chi connectivity index (χ2v) is 9.13. The molecular formula is C19H18F4N2O4S. The van der Waals surface area contributed by atoms with Gasteiger partial charge in [0.2, 0.25) is 15.9 Å². The summed E-state index contributed by atoms with van der Waals surface area (Å²) in [4.78, 5) is 12.6. The molecule has 0 radical (unpaired) electrons. The van der Waals surface area contributed by atoms with Gasteiger partial charge in [0.05, 0.1) is 16.5 Å². The van der Waals surface area contributed by atoms with Crippen LogP contribution in [0, 0.1) is 17.2 Å². The van der Waals surface area contributed by atoms with Gasteiger partial charge in [0.25, 0.3) is 0 Å². The van der Waals surface area contributed by atoms with Gasteiger partial charge in [-0.3, -0.25) is 4.79 Å². The summed E-state index contributed by atoms with van der Waals surface area (Å²) in [5.74, 6) is -3.06. The van der Waals surface area contributed by atoms with Gasteiger partial charge in [-0.05, 0) is 35.2 Å². The molecule has 0 aromatic heterocycles. The van der Waals surface area contributed by atoms with E-state index in [0.717, 1.165) is 18.2 Å². The number of hydrogen-bond acceptors (Lipinski definition) is 4. The van der Waals surface area contributed by atoms with Crippen LogP contribution < -0.4 is 15.2 Å². The minimum atomic E-state index is -4.95. The summed E-state index contributed by atoms with van der Waals surface area (Å²) >= 11 is 0. The monoisotopic (exact) mass is 446 g/mol. The SMILES string of the molecule is CC1(C)C(C(=O)Nc2cc(OC(F)(F)F)ccc2F)C1c1ccc(S(N)(=O)=O)cc1. The third-order valence-electron chi connectivity index (χ3n) is 5.11. The Kier molecular flexibility index (Phi) is 5.32. The molecule has 30 heavy (non-hydrogen) atoms. The fourth-order valence-corrected chi connectivity index (χ4v) is 4.14. The minimum Gasteiger partial charge on any atom is -0.406 e. The lowest BCUT2D eigenvalue weighted by Gasteiger charge is -2.12. The van der Waals surface area contributed by atoms with Gasteiger partial charge in [-0.2, -0.15) is 0 Å². The second kappa shape index (κ2) is 7.24. The first-order valence-corrected chi connectivity index (χ1v) is 10.2. The third kappa shape index (κ3) is 4.57. The molecule has 1 amide bonds. The second-order valence-electron chi connectivity index (χ2n) is 7.57. The van der Waals surface area contributed by atoms with Crippen molar-refractivity contribution in [3.8, 4) is 5.75 Å². The van der Waals surface area contributed by atoms with Crippen LogP contribution in [0.2, 0.25) is 0 Å². The van der Waals surface area contributed by atoms with Crippen LogP contribution in [0.1, 0.15) is 25.3 Å². The molecule has 2 aromatic rings. The van der Waals surface area contributed by atoms with Gasteiger partial charge < -0.3 is 10.1 Å². The zero-order valence-corrected chi connectivity index (χ0v) is 16.6. The molecule has 0 bridgehead atoms. The first-order chi connectivity index (χ1) is 13.7.